The Morgan fingerprint density at radius 1 is 1.21 bits per heavy atom. The van der Waals surface area contributed by atoms with Crippen molar-refractivity contribution in [2.24, 2.45) is 5.92 Å². The Morgan fingerprint density at radius 3 is 2.79 bits per heavy atom. The first-order chi connectivity index (χ1) is 16.3. The van der Waals surface area contributed by atoms with E-state index in [1.165, 1.54) is 6.07 Å². The third-order valence-corrected chi connectivity index (χ3v) is 7.32. The van der Waals surface area contributed by atoms with Crippen LogP contribution < -0.4 is 15.4 Å². The van der Waals surface area contributed by atoms with Gasteiger partial charge in [-0.1, -0.05) is 18.2 Å². The molecule has 9 heteroatoms. The summed E-state index contributed by atoms with van der Waals surface area (Å²) in [5.41, 5.74) is 2.40. The number of benzene rings is 1. The van der Waals surface area contributed by atoms with Crippen LogP contribution in [0.4, 0.5) is 5.69 Å². The smallest absolute Gasteiger partial charge is 0.251 e. The standard InChI is InChI=1S/C25H31N5O3S/c1-18(2)29-34(32,33)23-13-20(12-21(14-23)26-15-19-8-4-3-5-9-19)25(31)27-16-22-17-30-11-7-6-10-24(30)28-22/h3-4,6-7,10-14,17-19,26,29H,5,8-9,15-16H2,1-2H3,(H,27,31)/t19-/m1/s1. The van der Waals surface area contributed by atoms with Gasteiger partial charge in [-0.25, -0.2) is 18.1 Å². The molecule has 1 amide bonds. The number of allylic oxidation sites excluding steroid dienone is 2. The Balaban J connectivity index is 1.53. The number of hydrogen-bond acceptors (Lipinski definition) is 5. The summed E-state index contributed by atoms with van der Waals surface area (Å²) >= 11 is 0. The Morgan fingerprint density at radius 2 is 2.06 bits per heavy atom. The number of nitrogens with zero attached hydrogens (tertiary/aromatic N) is 2. The van der Waals surface area contributed by atoms with E-state index in [9.17, 15) is 13.2 Å². The maximum absolute atomic E-state index is 13.0. The molecule has 180 valence electrons. The predicted octanol–water partition coefficient (Wildman–Crippen LogP) is 3.72. The molecule has 3 N–H and O–H groups in total. The zero-order valence-electron chi connectivity index (χ0n) is 19.5. The number of amides is 1. The summed E-state index contributed by atoms with van der Waals surface area (Å²) in [5, 5.41) is 6.21. The first kappa shape index (κ1) is 24.0. The minimum Gasteiger partial charge on any atom is -0.385 e. The number of aromatic nitrogens is 2. The van der Waals surface area contributed by atoms with E-state index >= 15 is 0 Å². The molecular weight excluding hydrogens is 450 g/mol. The van der Waals surface area contributed by atoms with Gasteiger partial charge in [0.15, 0.2) is 0 Å². The van der Waals surface area contributed by atoms with Gasteiger partial charge in [-0.2, -0.15) is 0 Å². The molecule has 0 radical (unpaired) electrons. The van der Waals surface area contributed by atoms with Crippen LogP contribution in [0, 0.1) is 5.92 Å². The van der Waals surface area contributed by atoms with Crippen molar-refractivity contribution in [2.75, 3.05) is 11.9 Å². The van der Waals surface area contributed by atoms with Crippen LogP contribution >= 0.6 is 0 Å². The first-order valence-corrected chi connectivity index (χ1v) is 13.1. The van der Waals surface area contributed by atoms with Crippen LogP contribution in [0.3, 0.4) is 0 Å². The van der Waals surface area contributed by atoms with Gasteiger partial charge in [-0.15, -0.1) is 0 Å². The lowest BCUT2D eigenvalue weighted by Gasteiger charge is -2.20. The highest BCUT2D eigenvalue weighted by Crippen LogP contribution is 2.23. The minimum absolute atomic E-state index is 0.0626. The van der Waals surface area contributed by atoms with Gasteiger partial charge < -0.3 is 15.0 Å². The number of carbonyl (C=O) groups is 1. The molecule has 1 atom stereocenters. The monoisotopic (exact) mass is 481 g/mol. The van der Waals surface area contributed by atoms with Crippen molar-refractivity contribution >= 4 is 27.3 Å². The topological polar surface area (TPSA) is 105 Å². The van der Waals surface area contributed by atoms with Gasteiger partial charge in [0.1, 0.15) is 5.65 Å². The summed E-state index contributed by atoms with van der Waals surface area (Å²) in [6, 6.07) is 10.1. The van der Waals surface area contributed by atoms with Gasteiger partial charge in [-0.3, -0.25) is 4.79 Å². The molecule has 8 nitrogen and oxygen atoms in total. The molecule has 0 saturated carbocycles. The van der Waals surface area contributed by atoms with E-state index in [0.29, 0.717) is 23.8 Å². The number of rotatable bonds is 9. The normalized spacial score (nSPS) is 16.1. The molecule has 1 aliphatic rings. The Labute approximate surface area is 200 Å². The second-order valence-electron chi connectivity index (χ2n) is 8.93. The van der Waals surface area contributed by atoms with Gasteiger partial charge in [0, 0.05) is 36.2 Å². The van der Waals surface area contributed by atoms with E-state index < -0.39 is 10.0 Å². The molecule has 0 spiro atoms. The Hall–Kier alpha value is -3.17. The number of nitrogens with one attached hydrogen (secondary N) is 3. The number of pyridine rings is 1. The van der Waals surface area contributed by atoms with Crippen molar-refractivity contribution in [3.63, 3.8) is 0 Å². The van der Waals surface area contributed by atoms with Crippen LogP contribution in [-0.4, -0.2) is 36.3 Å². The minimum atomic E-state index is -3.76. The molecule has 0 fully saturated rings. The summed E-state index contributed by atoms with van der Waals surface area (Å²) < 4.78 is 30.2. The summed E-state index contributed by atoms with van der Waals surface area (Å²) in [6.07, 6.45) is 11.2. The number of fused-ring (bicyclic) bond motifs is 1. The third kappa shape index (κ3) is 6.03. The molecule has 34 heavy (non-hydrogen) atoms. The van der Waals surface area contributed by atoms with Crippen LogP contribution in [0.2, 0.25) is 0 Å². The molecule has 0 bridgehead atoms. The lowest BCUT2D eigenvalue weighted by Crippen LogP contribution is -2.31. The fourth-order valence-electron chi connectivity index (χ4n) is 4.01. The molecule has 0 aliphatic heterocycles. The average molecular weight is 482 g/mol. The zero-order valence-corrected chi connectivity index (χ0v) is 20.3. The van der Waals surface area contributed by atoms with Crippen molar-refractivity contribution < 1.29 is 13.2 Å². The van der Waals surface area contributed by atoms with Crippen LogP contribution in [0.25, 0.3) is 5.65 Å². The number of hydrogen-bond donors (Lipinski definition) is 3. The van der Waals surface area contributed by atoms with E-state index in [-0.39, 0.29) is 29.0 Å². The summed E-state index contributed by atoms with van der Waals surface area (Å²) in [6.45, 7) is 4.48. The molecular formula is C25H31N5O3S. The molecule has 1 aromatic carbocycles. The van der Waals surface area contributed by atoms with E-state index in [1.54, 1.807) is 26.0 Å². The van der Waals surface area contributed by atoms with Gasteiger partial charge in [0.05, 0.1) is 17.1 Å². The molecule has 3 aromatic rings. The van der Waals surface area contributed by atoms with Crippen molar-refractivity contribution in [3.05, 3.63) is 72.2 Å². The SMILES string of the molecule is CC(C)NS(=O)(=O)c1cc(NC[C@@H]2CC=CCC2)cc(C(=O)NCc2cn3ccccc3n2)c1. The predicted molar refractivity (Wildman–Crippen MR) is 133 cm³/mol. The largest absolute Gasteiger partial charge is 0.385 e. The van der Waals surface area contributed by atoms with Gasteiger partial charge in [0.2, 0.25) is 10.0 Å². The van der Waals surface area contributed by atoms with Crippen molar-refractivity contribution in [1.82, 2.24) is 19.4 Å². The summed E-state index contributed by atoms with van der Waals surface area (Å²) in [7, 11) is -3.76. The number of anilines is 1. The van der Waals surface area contributed by atoms with E-state index in [4.69, 9.17) is 0 Å². The second kappa shape index (κ2) is 10.4. The number of carbonyl (C=O) groups excluding carboxylic acids is 1. The number of imidazole rings is 1. The van der Waals surface area contributed by atoms with Crippen LogP contribution in [-0.2, 0) is 16.6 Å². The van der Waals surface area contributed by atoms with E-state index in [0.717, 1.165) is 24.9 Å². The van der Waals surface area contributed by atoms with Gasteiger partial charge >= 0.3 is 0 Å². The van der Waals surface area contributed by atoms with Gasteiger partial charge in [0.25, 0.3) is 5.91 Å². The van der Waals surface area contributed by atoms with Crippen LogP contribution in [0.1, 0.15) is 49.2 Å². The molecule has 0 saturated heterocycles. The van der Waals surface area contributed by atoms with E-state index in [1.807, 2.05) is 35.0 Å². The third-order valence-electron chi connectivity index (χ3n) is 5.69. The highest BCUT2D eigenvalue weighted by molar-refractivity contribution is 7.89. The highest BCUT2D eigenvalue weighted by atomic mass is 32.2. The zero-order chi connectivity index (χ0) is 24.1. The Bertz CT molecular complexity index is 1260. The fourth-order valence-corrected chi connectivity index (χ4v) is 5.34. The highest BCUT2D eigenvalue weighted by Gasteiger charge is 2.20. The van der Waals surface area contributed by atoms with Crippen molar-refractivity contribution in [3.8, 4) is 0 Å². The van der Waals surface area contributed by atoms with Gasteiger partial charge in [-0.05, 0) is 69.4 Å². The fraction of sp³-hybridized carbons (Fsp3) is 0.360. The lowest BCUT2D eigenvalue weighted by atomic mass is 9.94. The van der Waals surface area contributed by atoms with Crippen LogP contribution in [0.5, 0.6) is 0 Å². The maximum Gasteiger partial charge on any atom is 0.251 e. The van der Waals surface area contributed by atoms with Crippen LogP contribution in [0.15, 0.2) is 65.8 Å². The molecule has 2 aromatic heterocycles. The molecule has 2 heterocycles. The lowest BCUT2D eigenvalue weighted by molar-refractivity contribution is 0.0950. The van der Waals surface area contributed by atoms with Crippen molar-refractivity contribution in [1.29, 1.82) is 0 Å². The maximum atomic E-state index is 13.0. The average Bonchev–Trinajstić information content (AvgIpc) is 3.24. The molecule has 4 rings (SSSR count). The first-order valence-electron chi connectivity index (χ1n) is 11.6. The molecule has 1 aliphatic carbocycles. The summed E-state index contributed by atoms with van der Waals surface area (Å²) in [5.74, 6) is 0.119. The second-order valence-corrected chi connectivity index (χ2v) is 10.6. The van der Waals surface area contributed by atoms with Crippen molar-refractivity contribution in [2.45, 2.75) is 50.6 Å². The number of sulfonamides is 1. The molecule has 0 unspecified atom stereocenters. The Kier molecular flexibility index (Phi) is 7.33. The van der Waals surface area contributed by atoms with E-state index in [2.05, 4.69) is 32.5 Å². The quantitative estimate of drug-likeness (QED) is 0.404. The summed E-state index contributed by atoms with van der Waals surface area (Å²) in [4.78, 5) is 17.5.